The summed E-state index contributed by atoms with van der Waals surface area (Å²) in [5, 5.41) is 11.7. The minimum atomic E-state index is -0.869. The van der Waals surface area contributed by atoms with Crippen molar-refractivity contribution in [2.75, 3.05) is 0 Å². The molecule has 0 saturated carbocycles. The van der Waals surface area contributed by atoms with Crippen LogP contribution in [0, 0.1) is 0 Å². The molecule has 1 aliphatic heterocycles. The lowest BCUT2D eigenvalue weighted by molar-refractivity contribution is -0.138. The van der Waals surface area contributed by atoms with E-state index >= 15 is 0 Å². The molecule has 2 rings (SSSR count). The molecule has 0 fully saturated rings. The van der Waals surface area contributed by atoms with Crippen LogP contribution in [0.25, 0.3) is 6.08 Å². The summed E-state index contributed by atoms with van der Waals surface area (Å²) >= 11 is 1.48. The quantitative estimate of drug-likeness (QED) is 0.697. The molecule has 0 aromatic heterocycles. The van der Waals surface area contributed by atoms with Gasteiger partial charge in [-0.3, -0.25) is 4.79 Å². The Balaban J connectivity index is 2.15. The summed E-state index contributed by atoms with van der Waals surface area (Å²) in [5.74, 6) is -0.148. The monoisotopic (exact) mass is 236 g/mol. The summed E-state index contributed by atoms with van der Waals surface area (Å²) in [7, 11) is 0. The molecule has 5 heteroatoms. The van der Waals surface area contributed by atoms with E-state index in [2.05, 4.69) is 10.0 Å². The highest BCUT2D eigenvalue weighted by Crippen LogP contribution is 2.26. The van der Waals surface area contributed by atoms with E-state index in [1.807, 2.05) is 30.3 Å². The first kappa shape index (κ1) is 10.9. The predicted molar refractivity (Wildman–Crippen MR) is 63.6 cm³/mol. The molecule has 0 saturated heterocycles. The average molecular weight is 236 g/mol. The summed E-state index contributed by atoms with van der Waals surface area (Å²) in [5.41, 5.74) is 1.09. The lowest BCUT2D eigenvalue weighted by Crippen LogP contribution is -2.37. The van der Waals surface area contributed by atoms with Crippen molar-refractivity contribution in [2.45, 2.75) is 17.9 Å². The van der Waals surface area contributed by atoms with Gasteiger partial charge in [0.25, 0.3) is 0 Å². The topological polar surface area (TPSA) is 61.4 Å². The van der Waals surface area contributed by atoms with Crippen molar-refractivity contribution in [2.24, 2.45) is 0 Å². The van der Waals surface area contributed by atoms with E-state index in [0.29, 0.717) is 0 Å². The largest absolute Gasteiger partial charge is 0.480 e. The standard InChI is InChI=1S/C11H12N2O2S/c1-7(11(14)15)12-10-6-8-4-2-3-5-9(8)16-13-10/h2-7,12-13H,1H3,(H,14,15). The van der Waals surface area contributed by atoms with Crippen molar-refractivity contribution < 1.29 is 9.90 Å². The average Bonchev–Trinajstić information content (AvgIpc) is 2.28. The molecule has 3 N–H and O–H groups in total. The first-order chi connectivity index (χ1) is 7.66. The molecule has 84 valence electrons. The molecule has 1 unspecified atom stereocenters. The summed E-state index contributed by atoms with van der Waals surface area (Å²) in [6, 6.07) is 7.33. The Morgan fingerprint density at radius 3 is 3.00 bits per heavy atom. The van der Waals surface area contributed by atoms with Crippen LogP contribution in [0.5, 0.6) is 0 Å². The second-order valence-electron chi connectivity index (χ2n) is 3.50. The first-order valence-electron chi connectivity index (χ1n) is 4.90. The van der Waals surface area contributed by atoms with Crippen molar-refractivity contribution in [3.05, 3.63) is 35.6 Å². The molecule has 0 bridgehead atoms. The molecule has 4 nitrogen and oxygen atoms in total. The van der Waals surface area contributed by atoms with Crippen LogP contribution >= 0.6 is 11.9 Å². The number of aliphatic carboxylic acids is 1. The zero-order valence-electron chi connectivity index (χ0n) is 8.73. The normalized spacial score (nSPS) is 15.4. The number of benzene rings is 1. The van der Waals surface area contributed by atoms with Gasteiger partial charge in [-0.2, -0.15) is 0 Å². The Morgan fingerprint density at radius 2 is 2.25 bits per heavy atom. The zero-order valence-corrected chi connectivity index (χ0v) is 9.54. The van der Waals surface area contributed by atoms with Crippen LogP contribution in [-0.2, 0) is 4.79 Å². The fourth-order valence-electron chi connectivity index (χ4n) is 1.35. The summed E-state index contributed by atoms with van der Waals surface area (Å²) < 4.78 is 3.06. The maximum atomic E-state index is 10.7. The second kappa shape index (κ2) is 4.49. The van der Waals surface area contributed by atoms with Crippen LogP contribution < -0.4 is 10.0 Å². The van der Waals surface area contributed by atoms with Crippen LogP contribution in [-0.4, -0.2) is 17.1 Å². The third kappa shape index (κ3) is 2.30. The SMILES string of the molecule is CC(NC1=Cc2ccccc2SN1)C(=O)O. The maximum Gasteiger partial charge on any atom is 0.325 e. The van der Waals surface area contributed by atoms with Gasteiger partial charge in [-0.25, -0.2) is 0 Å². The first-order valence-corrected chi connectivity index (χ1v) is 5.71. The summed E-state index contributed by atoms with van der Waals surface area (Å²) in [4.78, 5) is 11.8. The van der Waals surface area contributed by atoms with Crippen molar-refractivity contribution in [1.29, 1.82) is 0 Å². The Kier molecular flexibility index (Phi) is 3.05. The van der Waals surface area contributed by atoms with Gasteiger partial charge < -0.3 is 15.1 Å². The lowest BCUT2D eigenvalue weighted by atomic mass is 10.2. The van der Waals surface area contributed by atoms with Crippen LogP contribution in [0.2, 0.25) is 0 Å². The number of carbonyl (C=O) groups is 1. The van der Waals surface area contributed by atoms with E-state index in [9.17, 15) is 4.79 Å². The zero-order chi connectivity index (χ0) is 11.5. The van der Waals surface area contributed by atoms with Gasteiger partial charge in [-0.05, 0) is 36.6 Å². The van der Waals surface area contributed by atoms with Gasteiger partial charge >= 0.3 is 5.97 Å². The van der Waals surface area contributed by atoms with E-state index in [4.69, 9.17) is 5.11 Å². The number of rotatable bonds is 3. The highest BCUT2D eigenvalue weighted by atomic mass is 32.2. The minimum Gasteiger partial charge on any atom is -0.480 e. The molecule has 0 aliphatic carbocycles. The molecule has 0 spiro atoms. The Bertz CT molecular complexity index is 445. The fraction of sp³-hybridized carbons (Fsp3) is 0.182. The van der Waals surface area contributed by atoms with Gasteiger partial charge in [0.15, 0.2) is 0 Å². The highest BCUT2D eigenvalue weighted by molar-refractivity contribution is 7.97. The molecule has 16 heavy (non-hydrogen) atoms. The highest BCUT2D eigenvalue weighted by Gasteiger charge is 2.15. The third-order valence-electron chi connectivity index (χ3n) is 2.23. The predicted octanol–water partition coefficient (Wildman–Crippen LogP) is 1.66. The minimum absolute atomic E-state index is 0.607. The maximum absolute atomic E-state index is 10.7. The number of nitrogens with one attached hydrogen (secondary N) is 2. The summed E-state index contributed by atoms with van der Waals surface area (Å²) in [6.45, 7) is 1.61. The van der Waals surface area contributed by atoms with Crippen molar-refractivity contribution in [3.8, 4) is 0 Å². The van der Waals surface area contributed by atoms with Gasteiger partial charge in [0.2, 0.25) is 0 Å². The lowest BCUT2D eigenvalue weighted by Gasteiger charge is -2.20. The Hall–Kier alpha value is -1.62. The molecule has 1 heterocycles. The molecule has 1 aromatic rings. The van der Waals surface area contributed by atoms with E-state index in [0.717, 1.165) is 16.3 Å². The van der Waals surface area contributed by atoms with E-state index in [1.54, 1.807) is 6.92 Å². The molecule has 1 aromatic carbocycles. The van der Waals surface area contributed by atoms with E-state index in [1.165, 1.54) is 11.9 Å². The molecular weight excluding hydrogens is 224 g/mol. The van der Waals surface area contributed by atoms with E-state index < -0.39 is 12.0 Å². The van der Waals surface area contributed by atoms with Gasteiger partial charge in [0, 0.05) is 4.90 Å². The van der Waals surface area contributed by atoms with Crippen molar-refractivity contribution >= 4 is 24.0 Å². The Morgan fingerprint density at radius 1 is 1.50 bits per heavy atom. The number of hydrogen-bond donors (Lipinski definition) is 3. The van der Waals surface area contributed by atoms with Crippen LogP contribution in [0.1, 0.15) is 12.5 Å². The molecule has 0 radical (unpaired) electrons. The molecule has 0 amide bonds. The fourth-order valence-corrected chi connectivity index (χ4v) is 2.08. The van der Waals surface area contributed by atoms with Gasteiger partial charge in [-0.15, -0.1) is 0 Å². The van der Waals surface area contributed by atoms with E-state index in [-0.39, 0.29) is 0 Å². The van der Waals surface area contributed by atoms with Crippen LogP contribution in [0.15, 0.2) is 35.0 Å². The number of carboxylic acids is 1. The number of carboxylic acid groups (broad SMARTS) is 1. The summed E-state index contributed by atoms with van der Waals surface area (Å²) in [6.07, 6.45) is 1.91. The van der Waals surface area contributed by atoms with Crippen LogP contribution in [0.4, 0.5) is 0 Å². The van der Waals surface area contributed by atoms with Gasteiger partial charge in [0.05, 0.1) is 0 Å². The smallest absolute Gasteiger partial charge is 0.325 e. The molecule has 1 aliphatic rings. The Labute approximate surface area is 97.9 Å². The van der Waals surface area contributed by atoms with Crippen molar-refractivity contribution in [3.63, 3.8) is 0 Å². The number of hydrogen-bond acceptors (Lipinski definition) is 4. The van der Waals surface area contributed by atoms with Crippen LogP contribution in [0.3, 0.4) is 0 Å². The number of fused-ring (bicyclic) bond motifs is 1. The molecule has 1 atom stereocenters. The third-order valence-corrected chi connectivity index (χ3v) is 3.15. The second-order valence-corrected chi connectivity index (χ2v) is 4.35. The van der Waals surface area contributed by atoms with Crippen molar-refractivity contribution in [1.82, 2.24) is 10.0 Å². The van der Waals surface area contributed by atoms with Gasteiger partial charge in [0.1, 0.15) is 11.9 Å². The van der Waals surface area contributed by atoms with Gasteiger partial charge in [-0.1, -0.05) is 18.2 Å². The molecular formula is C11H12N2O2S.